The number of allylic oxidation sites excluding steroid dienone is 1. The number of nitrogens with zero attached hydrogens (tertiary/aromatic N) is 2. The van der Waals surface area contributed by atoms with Crippen LogP contribution in [0.5, 0.6) is 0 Å². The van der Waals surface area contributed by atoms with Crippen molar-refractivity contribution in [2.45, 2.75) is 6.42 Å². The quantitative estimate of drug-likeness (QED) is 0.725. The maximum atomic E-state index is 11.4. The lowest BCUT2D eigenvalue weighted by atomic mass is 9.94. The first-order valence-electron chi connectivity index (χ1n) is 4.16. The third-order valence-electron chi connectivity index (χ3n) is 2.15. The molecule has 4 nitrogen and oxygen atoms in total. The molecule has 0 spiro atoms. The van der Waals surface area contributed by atoms with Crippen LogP contribution in [-0.2, 0) is 11.2 Å². The SMILES string of the molecule is N#CC1=C(O)c2nc(Br)ccc2CC1=O. The first-order chi connectivity index (χ1) is 7.13. The number of rotatable bonds is 0. The van der Waals surface area contributed by atoms with Gasteiger partial charge in [0, 0.05) is 6.42 Å². The highest BCUT2D eigenvalue weighted by molar-refractivity contribution is 9.10. The van der Waals surface area contributed by atoms with Crippen molar-refractivity contribution >= 4 is 27.5 Å². The summed E-state index contributed by atoms with van der Waals surface area (Å²) in [7, 11) is 0. The van der Waals surface area contributed by atoms with Crippen molar-refractivity contribution in [3.63, 3.8) is 0 Å². The highest BCUT2D eigenvalue weighted by Gasteiger charge is 2.26. The van der Waals surface area contributed by atoms with Crippen LogP contribution in [0, 0.1) is 11.3 Å². The number of hydrogen-bond acceptors (Lipinski definition) is 4. The first kappa shape index (κ1) is 9.87. The van der Waals surface area contributed by atoms with Crippen molar-refractivity contribution in [1.29, 1.82) is 5.26 Å². The molecule has 5 heteroatoms. The fraction of sp³-hybridized carbons (Fsp3) is 0.100. The van der Waals surface area contributed by atoms with Crippen LogP contribution >= 0.6 is 15.9 Å². The molecule has 1 aliphatic rings. The second kappa shape index (κ2) is 3.48. The molecule has 0 atom stereocenters. The number of carbonyl (C=O) groups is 1. The van der Waals surface area contributed by atoms with Crippen LogP contribution in [0.25, 0.3) is 5.76 Å². The van der Waals surface area contributed by atoms with Crippen LogP contribution in [0.3, 0.4) is 0 Å². The summed E-state index contributed by atoms with van der Waals surface area (Å²) in [5.74, 6) is -0.698. The van der Waals surface area contributed by atoms with Gasteiger partial charge in [0.25, 0.3) is 0 Å². The number of pyridine rings is 1. The number of ketones is 1. The fourth-order valence-electron chi connectivity index (χ4n) is 1.44. The van der Waals surface area contributed by atoms with E-state index in [1.807, 2.05) is 0 Å². The Labute approximate surface area is 94.0 Å². The van der Waals surface area contributed by atoms with Crippen LogP contribution in [0.15, 0.2) is 22.3 Å². The third-order valence-corrected chi connectivity index (χ3v) is 2.59. The average molecular weight is 265 g/mol. The molecular formula is C10H5BrN2O2. The highest BCUT2D eigenvalue weighted by Crippen LogP contribution is 2.26. The Kier molecular flexibility index (Phi) is 2.29. The highest BCUT2D eigenvalue weighted by atomic mass is 79.9. The summed E-state index contributed by atoms with van der Waals surface area (Å²) in [4.78, 5) is 15.4. The molecule has 0 radical (unpaired) electrons. The van der Waals surface area contributed by atoms with Crippen molar-refractivity contribution in [3.05, 3.63) is 33.6 Å². The van der Waals surface area contributed by atoms with Gasteiger partial charge in [-0.1, -0.05) is 6.07 Å². The average Bonchev–Trinajstić information content (AvgIpc) is 2.20. The number of nitriles is 1. The molecule has 1 N–H and O–H groups in total. The number of halogens is 1. The second-order valence-corrected chi connectivity index (χ2v) is 3.89. The zero-order chi connectivity index (χ0) is 11.0. The number of aliphatic hydroxyl groups is 1. The molecule has 0 fully saturated rings. The summed E-state index contributed by atoms with van der Waals surface area (Å²) >= 11 is 3.16. The van der Waals surface area contributed by atoms with Gasteiger partial charge in [0.1, 0.15) is 21.9 Å². The predicted octanol–water partition coefficient (Wildman–Crippen LogP) is 1.76. The van der Waals surface area contributed by atoms with Gasteiger partial charge in [-0.25, -0.2) is 4.98 Å². The number of aliphatic hydroxyl groups excluding tert-OH is 1. The molecule has 1 aromatic heterocycles. The molecule has 0 amide bonds. The van der Waals surface area contributed by atoms with Gasteiger partial charge in [0.15, 0.2) is 11.5 Å². The topological polar surface area (TPSA) is 74.0 Å². The normalized spacial score (nSPS) is 14.8. The number of carbonyl (C=O) groups excluding carboxylic acids is 1. The lowest BCUT2D eigenvalue weighted by Gasteiger charge is -2.13. The molecule has 1 aliphatic carbocycles. The van der Waals surface area contributed by atoms with Crippen molar-refractivity contribution in [2.24, 2.45) is 0 Å². The van der Waals surface area contributed by atoms with E-state index in [0.29, 0.717) is 15.9 Å². The van der Waals surface area contributed by atoms with Crippen LogP contribution in [0.1, 0.15) is 11.3 Å². The summed E-state index contributed by atoms with van der Waals surface area (Å²) in [6.07, 6.45) is 0.114. The van der Waals surface area contributed by atoms with E-state index in [1.165, 1.54) is 0 Å². The summed E-state index contributed by atoms with van der Waals surface area (Å²) in [5, 5.41) is 18.4. The zero-order valence-electron chi connectivity index (χ0n) is 7.49. The molecule has 0 saturated heterocycles. The molecular weight excluding hydrogens is 260 g/mol. The van der Waals surface area contributed by atoms with Crippen LogP contribution < -0.4 is 0 Å². The molecule has 2 rings (SSSR count). The van der Waals surface area contributed by atoms with E-state index in [0.717, 1.165) is 0 Å². The maximum absolute atomic E-state index is 11.4. The van der Waals surface area contributed by atoms with E-state index in [-0.39, 0.29) is 23.5 Å². The Balaban J connectivity index is 2.70. The Morgan fingerprint density at radius 1 is 1.53 bits per heavy atom. The van der Waals surface area contributed by atoms with E-state index in [9.17, 15) is 9.90 Å². The largest absolute Gasteiger partial charge is 0.504 e. The second-order valence-electron chi connectivity index (χ2n) is 3.08. The van der Waals surface area contributed by atoms with Gasteiger partial charge in [-0.05, 0) is 27.6 Å². The maximum Gasteiger partial charge on any atom is 0.181 e. The van der Waals surface area contributed by atoms with Gasteiger partial charge in [-0.3, -0.25) is 4.79 Å². The third kappa shape index (κ3) is 1.53. The zero-order valence-corrected chi connectivity index (χ0v) is 9.08. The smallest absolute Gasteiger partial charge is 0.181 e. The van der Waals surface area contributed by atoms with Gasteiger partial charge < -0.3 is 5.11 Å². The molecule has 74 valence electrons. The van der Waals surface area contributed by atoms with Gasteiger partial charge in [0.2, 0.25) is 0 Å². The molecule has 1 heterocycles. The molecule has 1 aromatic rings. The van der Waals surface area contributed by atoms with Gasteiger partial charge in [-0.15, -0.1) is 0 Å². The Hall–Kier alpha value is -1.67. The molecule has 15 heavy (non-hydrogen) atoms. The Morgan fingerprint density at radius 3 is 2.93 bits per heavy atom. The molecule has 0 unspecified atom stereocenters. The number of aromatic nitrogens is 1. The molecule has 0 bridgehead atoms. The van der Waals surface area contributed by atoms with Crippen molar-refractivity contribution in [3.8, 4) is 6.07 Å². The van der Waals surface area contributed by atoms with Crippen LogP contribution in [0.2, 0.25) is 0 Å². The molecule has 0 aromatic carbocycles. The summed E-state index contributed by atoms with van der Waals surface area (Å²) in [5.41, 5.74) is 0.730. The van der Waals surface area contributed by atoms with E-state index >= 15 is 0 Å². The predicted molar refractivity (Wildman–Crippen MR) is 55.8 cm³/mol. The summed E-state index contributed by atoms with van der Waals surface area (Å²) in [6.45, 7) is 0. The van der Waals surface area contributed by atoms with E-state index in [2.05, 4.69) is 20.9 Å². The Bertz CT molecular complexity index is 529. The van der Waals surface area contributed by atoms with Crippen molar-refractivity contribution in [2.75, 3.05) is 0 Å². The summed E-state index contributed by atoms with van der Waals surface area (Å²) in [6, 6.07) is 5.08. The van der Waals surface area contributed by atoms with Gasteiger partial charge >= 0.3 is 0 Å². The minimum absolute atomic E-state index is 0.114. The van der Waals surface area contributed by atoms with E-state index in [1.54, 1.807) is 18.2 Å². The van der Waals surface area contributed by atoms with Gasteiger partial charge in [-0.2, -0.15) is 5.26 Å². The van der Waals surface area contributed by atoms with Crippen molar-refractivity contribution < 1.29 is 9.90 Å². The lowest BCUT2D eigenvalue weighted by molar-refractivity contribution is -0.114. The van der Waals surface area contributed by atoms with Gasteiger partial charge in [0.05, 0.1) is 0 Å². The fourth-order valence-corrected chi connectivity index (χ4v) is 1.75. The summed E-state index contributed by atoms with van der Waals surface area (Å²) < 4.78 is 0.555. The van der Waals surface area contributed by atoms with Crippen molar-refractivity contribution in [1.82, 2.24) is 4.98 Å². The molecule has 0 saturated carbocycles. The van der Waals surface area contributed by atoms with E-state index in [4.69, 9.17) is 5.26 Å². The number of Topliss-reactive ketones (excluding diaryl/α,β-unsaturated/α-hetero) is 1. The lowest BCUT2D eigenvalue weighted by Crippen LogP contribution is -2.16. The van der Waals surface area contributed by atoms with Crippen LogP contribution in [-0.4, -0.2) is 15.9 Å². The number of fused-ring (bicyclic) bond motifs is 1. The Morgan fingerprint density at radius 2 is 2.27 bits per heavy atom. The molecule has 0 aliphatic heterocycles. The minimum atomic E-state index is -0.369. The standard InChI is InChI=1S/C10H5BrN2O2/c11-8-2-1-5-3-7(14)6(4-12)10(15)9(5)13-8/h1-2,15H,3H2. The first-order valence-corrected chi connectivity index (χ1v) is 4.95. The monoisotopic (exact) mass is 264 g/mol. The minimum Gasteiger partial charge on any atom is -0.504 e. The van der Waals surface area contributed by atoms with Crippen LogP contribution in [0.4, 0.5) is 0 Å². The van der Waals surface area contributed by atoms with E-state index < -0.39 is 0 Å². The number of hydrogen-bond donors (Lipinski definition) is 1.